The molecule has 2 nitrogen and oxygen atoms in total. The Morgan fingerprint density at radius 2 is 0.957 bits per heavy atom. The van der Waals surface area contributed by atoms with Gasteiger partial charge in [0.2, 0.25) is 0 Å². The molecule has 0 aliphatic carbocycles. The molecule has 0 saturated carbocycles. The summed E-state index contributed by atoms with van der Waals surface area (Å²) in [7, 11) is -2.56. The second-order valence-corrected chi connectivity index (χ2v) is 21.4. The second-order valence-electron chi connectivity index (χ2n) is 17.4. The Morgan fingerprint density at radius 1 is 0.529 bits per heavy atom. The number of hydrogen-bond donors (Lipinski definition) is 0. The smallest absolute Gasteiger partial charge is 0.0543 e. The molecular formula is C66H54NOOsP+. The van der Waals surface area contributed by atoms with Crippen LogP contribution in [0.15, 0.2) is 265 Å². The first-order valence-electron chi connectivity index (χ1n) is 24.1. The van der Waals surface area contributed by atoms with Crippen LogP contribution in [0.1, 0.15) is 31.4 Å². The fourth-order valence-corrected chi connectivity index (χ4v) is 15.9. The van der Waals surface area contributed by atoms with Crippen LogP contribution < -0.4 is 15.9 Å². The van der Waals surface area contributed by atoms with E-state index in [-0.39, 0.29) is 0 Å². The summed E-state index contributed by atoms with van der Waals surface area (Å²) < 4.78 is 12.7. The molecule has 2 heterocycles. The van der Waals surface area contributed by atoms with Crippen LogP contribution in [-0.4, -0.2) is 17.8 Å². The summed E-state index contributed by atoms with van der Waals surface area (Å²) >= 11 is 1.83. The molecule has 1 fully saturated rings. The van der Waals surface area contributed by atoms with Crippen molar-refractivity contribution in [3.63, 3.8) is 0 Å². The third-order valence-electron chi connectivity index (χ3n) is 13.1. The van der Waals surface area contributed by atoms with E-state index in [2.05, 4.69) is 278 Å². The molecule has 8 aromatic carbocycles. The van der Waals surface area contributed by atoms with Crippen molar-refractivity contribution in [2.75, 3.05) is 13.2 Å². The van der Waals surface area contributed by atoms with E-state index in [9.17, 15) is 0 Å². The second kappa shape index (κ2) is 21.6. The van der Waals surface area contributed by atoms with Gasteiger partial charge in [-0.25, -0.2) is 0 Å². The molecule has 0 bridgehead atoms. The third-order valence-corrected chi connectivity index (χ3v) is 18.5. The summed E-state index contributed by atoms with van der Waals surface area (Å²) in [6.07, 6.45) is 9.95. The Kier molecular flexibility index (Phi) is 14.4. The number of aromatic nitrogens is 1. The fourth-order valence-electron chi connectivity index (χ4n) is 10.0. The number of rotatable bonds is 13. The summed E-state index contributed by atoms with van der Waals surface area (Å²) in [6.45, 7) is 5.45. The molecule has 10 rings (SSSR count). The fraction of sp³-hybridized carbons (Fsp3) is 0.0758. The molecule has 0 spiro atoms. The minimum atomic E-state index is -2.56. The van der Waals surface area contributed by atoms with Gasteiger partial charge in [0, 0.05) is 0 Å². The van der Waals surface area contributed by atoms with Gasteiger partial charge in [-0.2, -0.15) is 0 Å². The maximum absolute atomic E-state index is 6.23. The predicted octanol–water partition coefficient (Wildman–Crippen LogP) is 15.7. The molecule has 1 aromatic heterocycles. The average molecular weight is 1100 g/mol. The number of hydrogen-bond acceptors (Lipinski definition) is 1. The SMILES string of the molecule is C/C=C/c1ccc(-c2c(-c3ccccc3)c(-c3ccccc3)c(-c3ccc(C(C=C4COCC4=CCC)=C([C]#[Os])[P+](c4ccccc4)(c4ccccc4)c4ccccc4)cc3)n2-c2ccccc2)cc1. The minimum Gasteiger partial charge on any atom is -0.0543 e. The van der Waals surface area contributed by atoms with Gasteiger partial charge >= 0.3 is 360 Å². The van der Waals surface area contributed by atoms with E-state index in [0.717, 1.165) is 56.9 Å². The Hall–Kier alpha value is -7.19. The number of nitrogens with zero attached hydrogens (tertiary/aromatic N) is 1. The standard InChI is InChI=1S/C66H54NOP.Os/c1-4-24-50-38-40-54(41-39-50)65-63(52-26-12-6-13-27-52)64(53-28-14-7-15-29-53)66(67(65)58-30-16-8-17-31-58)55-44-42-51(43-45-55)62(46-57-48-68-47-56(57)25-5-2)49(3)69(59-32-18-9-19-33-59,60-34-20-10-21-35-60)61-36-22-11-23-37-61;/h4,6-46H,5,47-48H2,1-2H3;/q+1;/b24-4+,56-25?,57-46?,62-49?;. The van der Waals surface area contributed by atoms with Crippen LogP contribution in [0.2, 0.25) is 0 Å². The molecule has 4 heteroatoms. The van der Waals surface area contributed by atoms with Gasteiger partial charge in [0.25, 0.3) is 0 Å². The Balaban J connectivity index is 1.30. The Labute approximate surface area is 424 Å². The summed E-state index contributed by atoms with van der Waals surface area (Å²) in [4.78, 5) is 0. The molecule has 70 heavy (non-hydrogen) atoms. The van der Waals surface area contributed by atoms with Crippen LogP contribution in [-0.2, 0) is 22.7 Å². The Bertz CT molecular complexity index is 3290. The predicted molar refractivity (Wildman–Crippen MR) is 295 cm³/mol. The normalized spacial score (nSPS) is 14.3. The number of ether oxygens (including phenoxy) is 1. The first-order valence-corrected chi connectivity index (χ1v) is 27.1. The third kappa shape index (κ3) is 9.08. The van der Waals surface area contributed by atoms with Crippen molar-refractivity contribution in [3.05, 3.63) is 276 Å². The molecule has 1 saturated heterocycles. The molecule has 0 atom stereocenters. The molecular weight excluding hydrogens is 1040 g/mol. The zero-order valence-electron chi connectivity index (χ0n) is 39.5. The van der Waals surface area contributed by atoms with E-state index >= 15 is 0 Å². The van der Waals surface area contributed by atoms with E-state index in [1.807, 2.05) is 17.9 Å². The van der Waals surface area contributed by atoms with E-state index < -0.39 is 7.26 Å². The molecule has 1 aliphatic rings. The van der Waals surface area contributed by atoms with Crippen molar-refractivity contribution in [1.29, 1.82) is 0 Å². The van der Waals surface area contributed by atoms with Crippen LogP contribution in [0.4, 0.5) is 0 Å². The first kappa shape index (κ1) is 46.5. The van der Waals surface area contributed by atoms with E-state index in [1.165, 1.54) is 49.1 Å². The van der Waals surface area contributed by atoms with Crippen molar-refractivity contribution in [2.24, 2.45) is 0 Å². The zero-order chi connectivity index (χ0) is 47.7. The van der Waals surface area contributed by atoms with Gasteiger partial charge in [-0.05, 0) is 12.5 Å². The molecule has 0 unspecified atom stereocenters. The van der Waals surface area contributed by atoms with Crippen LogP contribution in [0.25, 0.3) is 62.1 Å². The maximum atomic E-state index is 6.23. The molecule has 1 aliphatic heterocycles. The van der Waals surface area contributed by atoms with Crippen LogP contribution in [0.5, 0.6) is 0 Å². The van der Waals surface area contributed by atoms with Gasteiger partial charge in [0.15, 0.2) is 0 Å². The molecule has 9 aromatic rings. The number of allylic oxidation sites excluding steroid dienone is 5. The van der Waals surface area contributed by atoms with Crippen molar-refractivity contribution in [1.82, 2.24) is 4.57 Å². The van der Waals surface area contributed by atoms with Gasteiger partial charge in [0.05, 0.1) is 0 Å². The Morgan fingerprint density at radius 3 is 1.40 bits per heavy atom. The topological polar surface area (TPSA) is 14.2 Å². The van der Waals surface area contributed by atoms with E-state index in [4.69, 9.17) is 4.74 Å². The monoisotopic (exact) mass is 1100 g/mol. The average Bonchev–Trinajstić information content (AvgIpc) is 4.04. The summed E-state index contributed by atoms with van der Waals surface area (Å²) in [6, 6.07) is 84.5. The van der Waals surface area contributed by atoms with Crippen molar-refractivity contribution in [3.8, 4) is 54.8 Å². The van der Waals surface area contributed by atoms with Crippen LogP contribution in [0.3, 0.4) is 0 Å². The van der Waals surface area contributed by atoms with Crippen molar-refractivity contribution >= 4 is 34.8 Å². The molecule has 341 valence electrons. The van der Waals surface area contributed by atoms with Crippen molar-refractivity contribution in [2.45, 2.75) is 20.3 Å². The summed E-state index contributed by atoms with van der Waals surface area (Å²) in [5.74, 6) is 0. The van der Waals surface area contributed by atoms with E-state index in [1.54, 1.807) is 0 Å². The van der Waals surface area contributed by atoms with Gasteiger partial charge in [0.1, 0.15) is 0 Å². The minimum absolute atomic E-state index is 0.561. The van der Waals surface area contributed by atoms with Gasteiger partial charge in [-0.1, -0.05) is 54.6 Å². The zero-order valence-corrected chi connectivity index (χ0v) is 43.0. The van der Waals surface area contributed by atoms with E-state index in [0.29, 0.717) is 13.2 Å². The van der Waals surface area contributed by atoms with Gasteiger partial charge < -0.3 is 0 Å². The van der Waals surface area contributed by atoms with Crippen LogP contribution in [0, 0.1) is 4.37 Å². The number of para-hydroxylation sites is 1. The molecule has 0 radical (unpaired) electrons. The van der Waals surface area contributed by atoms with Crippen molar-refractivity contribution < 1.29 is 22.7 Å². The summed E-state index contributed by atoms with van der Waals surface area (Å²) in [5.41, 5.74) is 16.3. The summed E-state index contributed by atoms with van der Waals surface area (Å²) in [5, 5.41) is 5.06. The molecule has 0 amide bonds. The first-order chi connectivity index (χ1) is 34.6. The quantitative estimate of drug-likeness (QED) is 0.105. The van der Waals surface area contributed by atoms with Crippen LogP contribution >= 0.6 is 7.26 Å². The van der Waals surface area contributed by atoms with Gasteiger partial charge in [-0.3, -0.25) is 0 Å². The number of benzene rings is 8. The van der Waals surface area contributed by atoms with Gasteiger partial charge in [-0.15, -0.1) is 0 Å². The molecule has 0 N–H and O–H groups in total.